The Kier molecular flexibility index (Phi) is 6.68. The minimum Gasteiger partial charge on any atom is -0.487 e. The number of nitrogens with zero attached hydrogens (tertiary/aromatic N) is 1. The summed E-state index contributed by atoms with van der Waals surface area (Å²) in [5, 5.41) is 3.09. The highest BCUT2D eigenvalue weighted by molar-refractivity contribution is 5.94. The minimum atomic E-state index is -0.355. The number of nitrogens with two attached hydrogens (primary N) is 1. The van der Waals surface area contributed by atoms with Crippen molar-refractivity contribution in [1.29, 1.82) is 0 Å². The number of rotatable bonds is 2. The van der Waals surface area contributed by atoms with E-state index in [4.69, 9.17) is 10.5 Å². The highest BCUT2D eigenvalue weighted by Gasteiger charge is 2.34. The van der Waals surface area contributed by atoms with Crippen molar-refractivity contribution in [2.75, 3.05) is 5.73 Å². The number of anilines is 1. The number of aryl methyl sites for hydroxylation is 1. The molecule has 136 valence electrons. The fourth-order valence-electron chi connectivity index (χ4n) is 2.92. The Morgan fingerprint density at radius 2 is 2.00 bits per heavy atom. The molecule has 1 aliphatic rings. The molecule has 0 fully saturated rings. The summed E-state index contributed by atoms with van der Waals surface area (Å²) in [5.41, 5.74) is 8.62. The van der Waals surface area contributed by atoms with Crippen LogP contribution in [0.2, 0.25) is 0 Å². The van der Waals surface area contributed by atoms with Gasteiger partial charge in [-0.3, -0.25) is 9.78 Å². The summed E-state index contributed by atoms with van der Waals surface area (Å²) in [6, 6.07) is 7.21. The van der Waals surface area contributed by atoms with E-state index in [2.05, 4.69) is 10.3 Å². The van der Waals surface area contributed by atoms with Gasteiger partial charge >= 0.3 is 0 Å². The van der Waals surface area contributed by atoms with Crippen molar-refractivity contribution in [2.24, 2.45) is 0 Å². The van der Waals surface area contributed by atoms with Gasteiger partial charge in [-0.05, 0) is 50.6 Å². The number of hydrogen-bond acceptors (Lipinski definition) is 4. The molecule has 25 heavy (non-hydrogen) atoms. The normalized spacial score (nSPS) is 17.2. The van der Waals surface area contributed by atoms with Crippen LogP contribution in [0.5, 0.6) is 5.75 Å². The zero-order valence-corrected chi connectivity index (χ0v) is 16.0. The fourth-order valence-corrected chi connectivity index (χ4v) is 2.92. The molecule has 3 rings (SSSR count). The number of pyridine rings is 1. The van der Waals surface area contributed by atoms with Crippen molar-refractivity contribution in [3.05, 3.63) is 53.3 Å². The predicted octanol–water partition coefficient (Wildman–Crippen LogP) is 3.85. The van der Waals surface area contributed by atoms with Crippen LogP contribution in [-0.2, 0) is 0 Å². The van der Waals surface area contributed by atoms with Gasteiger partial charge in [0.25, 0.3) is 5.91 Å². The van der Waals surface area contributed by atoms with Crippen LogP contribution < -0.4 is 15.8 Å². The van der Waals surface area contributed by atoms with E-state index in [1.165, 1.54) is 0 Å². The number of amides is 1. The second-order valence-corrected chi connectivity index (χ2v) is 6.64. The Morgan fingerprint density at radius 3 is 2.68 bits per heavy atom. The summed E-state index contributed by atoms with van der Waals surface area (Å²) < 4.78 is 5.99. The molecule has 1 amide bonds. The van der Waals surface area contributed by atoms with Gasteiger partial charge < -0.3 is 15.8 Å². The Balaban J connectivity index is 0.00000156. The molecule has 5 nitrogen and oxygen atoms in total. The lowest BCUT2D eigenvalue weighted by Gasteiger charge is -2.38. The van der Waals surface area contributed by atoms with E-state index >= 15 is 0 Å². The predicted molar refractivity (Wildman–Crippen MR) is 104 cm³/mol. The molecule has 1 aromatic heterocycles. The molecule has 1 unspecified atom stereocenters. The van der Waals surface area contributed by atoms with Crippen LogP contribution in [0.3, 0.4) is 0 Å². The maximum absolute atomic E-state index is 12.5. The summed E-state index contributed by atoms with van der Waals surface area (Å²) >= 11 is 0. The van der Waals surface area contributed by atoms with E-state index in [1.807, 2.05) is 45.0 Å². The van der Waals surface area contributed by atoms with E-state index in [0.29, 0.717) is 17.7 Å². The maximum atomic E-state index is 12.5. The van der Waals surface area contributed by atoms with Crippen LogP contribution in [0.25, 0.3) is 0 Å². The number of benzene rings is 1. The molecule has 2 aromatic rings. The van der Waals surface area contributed by atoms with E-state index in [9.17, 15) is 4.79 Å². The number of hydrogen-bond donors (Lipinski definition) is 2. The van der Waals surface area contributed by atoms with Gasteiger partial charge in [-0.1, -0.05) is 0 Å². The van der Waals surface area contributed by atoms with Gasteiger partial charge in [0, 0.05) is 30.1 Å². The highest BCUT2D eigenvalue weighted by Crippen LogP contribution is 2.40. The second kappa shape index (κ2) is 7.93. The van der Waals surface area contributed by atoms with Crippen molar-refractivity contribution >= 4 is 36.4 Å². The third-order valence-corrected chi connectivity index (χ3v) is 3.93. The summed E-state index contributed by atoms with van der Waals surface area (Å²) in [6.07, 6.45) is 3.98. The van der Waals surface area contributed by atoms with Gasteiger partial charge in [-0.2, -0.15) is 0 Å². The average molecular weight is 384 g/mol. The highest BCUT2D eigenvalue weighted by atomic mass is 35.5. The molecule has 2 heterocycles. The van der Waals surface area contributed by atoms with Crippen LogP contribution in [0.1, 0.15) is 47.8 Å². The van der Waals surface area contributed by atoms with Gasteiger partial charge in [-0.15, -0.1) is 24.8 Å². The molecule has 1 atom stereocenters. The van der Waals surface area contributed by atoms with Crippen molar-refractivity contribution in [3.63, 3.8) is 0 Å². The molecular weight excluding hydrogens is 361 g/mol. The number of aromatic nitrogens is 1. The first-order chi connectivity index (χ1) is 10.8. The topological polar surface area (TPSA) is 77.2 Å². The number of nitrogen functional groups attached to an aromatic ring is 1. The molecular formula is C18H23Cl2N3O2. The summed E-state index contributed by atoms with van der Waals surface area (Å²) in [5.74, 6) is 0.625. The molecule has 0 bridgehead atoms. The third kappa shape index (κ3) is 4.77. The Morgan fingerprint density at radius 1 is 1.28 bits per heavy atom. The zero-order valence-electron chi connectivity index (χ0n) is 14.4. The molecule has 0 aliphatic carbocycles. The standard InChI is InChI=1S/C18H21N3O2.2ClH/c1-11-6-12(10-20-9-11)17(22)21-15-8-18(2,3)23-16-5-4-13(19)7-14(15)16;;/h4-7,9-10,15H,8,19H2,1-3H3,(H,21,22);2*1H. The first-order valence-corrected chi connectivity index (χ1v) is 7.65. The van der Waals surface area contributed by atoms with Gasteiger partial charge in [-0.25, -0.2) is 0 Å². The lowest BCUT2D eigenvalue weighted by atomic mass is 9.89. The summed E-state index contributed by atoms with van der Waals surface area (Å²) in [7, 11) is 0. The fraction of sp³-hybridized carbons (Fsp3) is 0.333. The molecule has 0 saturated heterocycles. The lowest BCUT2D eigenvalue weighted by molar-refractivity contribution is 0.0620. The number of carbonyl (C=O) groups excluding carboxylic acids is 1. The number of fused-ring (bicyclic) bond motifs is 1. The quantitative estimate of drug-likeness (QED) is 0.772. The molecule has 7 heteroatoms. The van der Waals surface area contributed by atoms with Crippen molar-refractivity contribution in [2.45, 2.75) is 38.8 Å². The van der Waals surface area contributed by atoms with Gasteiger partial charge in [0.2, 0.25) is 0 Å². The monoisotopic (exact) mass is 383 g/mol. The number of carbonyl (C=O) groups is 1. The average Bonchev–Trinajstić information content (AvgIpc) is 2.47. The van der Waals surface area contributed by atoms with E-state index in [0.717, 1.165) is 16.9 Å². The molecule has 1 aromatic carbocycles. The molecule has 1 aliphatic heterocycles. The Bertz CT molecular complexity index is 766. The van der Waals surface area contributed by atoms with Crippen LogP contribution in [0.15, 0.2) is 36.7 Å². The van der Waals surface area contributed by atoms with Crippen molar-refractivity contribution < 1.29 is 9.53 Å². The smallest absolute Gasteiger partial charge is 0.253 e. The number of nitrogens with one attached hydrogen (secondary N) is 1. The van der Waals surface area contributed by atoms with Gasteiger partial charge in [0.15, 0.2) is 0 Å². The number of halogens is 2. The number of ether oxygens (including phenoxy) is 1. The van der Waals surface area contributed by atoms with E-state index in [-0.39, 0.29) is 42.4 Å². The van der Waals surface area contributed by atoms with Crippen molar-refractivity contribution in [1.82, 2.24) is 10.3 Å². The molecule has 3 N–H and O–H groups in total. The Hall–Kier alpha value is -1.98. The van der Waals surface area contributed by atoms with E-state index in [1.54, 1.807) is 12.4 Å². The molecule has 0 saturated carbocycles. The Labute approximate surface area is 160 Å². The second-order valence-electron chi connectivity index (χ2n) is 6.64. The summed E-state index contributed by atoms with van der Waals surface area (Å²) in [4.78, 5) is 16.6. The van der Waals surface area contributed by atoms with Crippen LogP contribution in [-0.4, -0.2) is 16.5 Å². The first kappa shape index (κ1) is 21.1. The molecule has 0 radical (unpaired) electrons. The van der Waals surface area contributed by atoms with Crippen LogP contribution >= 0.6 is 24.8 Å². The minimum absolute atomic E-state index is 0. The first-order valence-electron chi connectivity index (χ1n) is 7.65. The zero-order chi connectivity index (χ0) is 16.6. The maximum Gasteiger partial charge on any atom is 0.253 e. The van der Waals surface area contributed by atoms with Gasteiger partial charge in [0.05, 0.1) is 11.6 Å². The van der Waals surface area contributed by atoms with Crippen LogP contribution in [0.4, 0.5) is 5.69 Å². The third-order valence-electron chi connectivity index (χ3n) is 3.93. The van der Waals surface area contributed by atoms with Crippen LogP contribution in [0, 0.1) is 6.92 Å². The largest absolute Gasteiger partial charge is 0.487 e. The molecule has 0 spiro atoms. The van der Waals surface area contributed by atoms with Gasteiger partial charge in [0.1, 0.15) is 11.4 Å². The van der Waals surface area contributed by atoms with E-state index < -0.39 is 0 Å². The SMILES string of the molecule is Cc1cncc(C(=O)NC2CC(C)(C)Oc3ccc(N)cc32)c1.Cl.Cl. The summed E-state index contributed by atoms with van der Waals surface area (Å²) in [6.45, 7) is 5.94. The lowest BCUT2D eigenvalue weighted by Crippen LogP contribution is -2.41. The van der Waals surface area contributed by atoms with Crippen molar-refractivity contribution in [3.8, 4) is 5.75 Å².